The van der Waals surface area contributed by atoms with Crippen molar-refractivity contribution in [2.24, 2.45) is 5.92 Å². The van der Waals surface area contributed by atoms with Crippen molar-refractivity contribution in [3.63, 3.8) is 0 Å². The molecule has 0 spiro atoms. The van der Waals surface area contributed by atoms with Gasteiger partial charge in [0.15, 0.2) is 0 Å². The number of carbonyl (C=O) groups excluding carboxylic acids is 2. The molecule has 8 heteroatoms. The molecule has 0 unspecified atom stereocenters. The Morgan fingerprint density at radius 2 is 1.79 bits per heavy atom. The molecule has 1 fully saturated rings. The third kappa shape index (κ3) is 4.85. The Balaban J connectivity index is 1.63. The van der Waals surface area contributed by atoms with Crippen molar-refractivity contribution < 1.29 is 18.4 Å². The molecular formula is C21H22ClF2N3O2. The molecular weight excluding hydrogens is 400 g/mol. The zero-order valence-corrected chi connectivity index (χ0v) is 17.0. The molecule has 1 N–H and O–H groups in total. The fraction of sp³-hybridized carbons (Fsp3) is 0.333. The average molecular weight is 422 g/mol. The van der Waals surface area contributed by atoms with Gasteiger partial charge in [-0.2, -0.15) is 0 Å². The summed E-state index contributed by atoms with van der Waals surface area (Å²) in [6.07, 6.45) is 0.913. The maximum atomic E-state index is 13.9. The van der Waals surface area contributed by atoms with Crippen molar-refractivity contribution in [1.82, 2.24) is 4.90 Å². The van der Waals surface area contributed by atoms with Crippen molar-refractivity contribution in [1.29, 1.82) is 0 Å². The predicted octanol–water partition coefficient (Wildman–Crippen LogP) is 4.18. The summed E-state index contributed by atoms with van der Waals surface area (Å²) in [7, 11) is 3.75. The molecule has 3 rings (SSSR count). The van der Waals surface area contributed by atoms with Crippen molar-refractivity contribution >= 4 is 34.8 Å². The minimum Gasteiger partial charge on any atom is -0.376 e. The van der Waals surface area contributed by atoms with Crippen LogP contribution in [0.2, 0.25) is 5.02 Å². The Morgan fingerprint density at radius 1 is 1.10 bits per heavy atom. The lowest BCUT2D eigenvalue weighted by Crippen LogP contribution is -2.41. The SMILES string of the molecule is CN(C)c1ccc(Cl)cc1NC(=O)C1CCN(C(=O)c2ccc(F)cc2F)CC1. The van der Waals surface area contributed by atoms with Crippen LogP contribution in [0.4, 0.5) is 20.2 Å². The molecule has 0 atom stereocenters. The minimum absolute atomic E-state index is 0.143. The summed E-state index contributed by atoms with van der Waals surface area (Å²) in [6, 6.07) is 8.19. The van der Waals surface area contributed by atoms with Gasteiger partial charge in [-0.3, -0.25) is 9.59 Å². The number of benzene rings is 2. The van der Waals surface area contributed by atoms with Crippen LogP contribution in [-0.2, 0) is 4.79 Å². The van der Waals surface area contributed by atoms with Crippen molar-refractivity contribution in [2.75, 3.05) is 37.4 Å². The quantitative estimate of drug-likeness (QED) is 0.806. The zero-order valence-electron chi connectivity index (χ0n) is 16.2. The van der Waals surface area contributed by atoms with Crippen LogP contribution < -0.4 is 10.2 Å². The first-order valence-electron chi connectivity index (χ1n) is 9.28. The van der Waals surface area contributed by atoms with Gasteiger partial charge < -0.3 is 15.1 Å². The van der Waals surface area contributed by atoms with Gasteiger partial charge in [-0.25, -0.2) is 8.78 Å². The molecule has 0 radical (unpaired) electrons. The van der Waals surface area contributed by atoms with Gasteiger partial charge in [0.25, 0.3) is 5.91 Å². The fourth-order valence-electron chi connectivity index (χ4n) is 3.41. The van der Waals surface area contributed by atoms with Gasteiger partial charge in [-0.1, -0.05) is 11.6 Å². The Hall–Kier alpha value is -2.67. The molecule has 1 aliphatic heterocycles. The molecule has 0 bridgehead atoms. The Kier molecular flexibility index (Phi) is 6.37. The van der Waals surface area contributed by atoms with Gasteiger partial charge in [0.05, 0.1) is 16.9 Å². The summed E-state index contributed by atoms with van der Waals surface area (Å²) in [6.45, 7) is 0.646. The summed E-state index contributed by atoms with van der Waals surface area (Å²) in [5.41, 5.74) is 1.30. The highest BCUT2D eigenvalue weighted by Gasteiger charge is 2.29. The number of hydrogen-bond acceptors (Lipinski definition) is 3. The fourth-order valence-corrected chi connectivity index (χ4v) is 3.58. The highest BCUT2D eigenvalue weighted by atomic mass is 35.5. The molecule has 5 nitrogen and oxygen atoms in total. The molecule has 29 heavy (non-hydrogen) atoms. The van der Waals surface area contributed by atoms with E-state index < -0.39 is 17.5 Å². The van der Waals surface area contributed by atoms with Crippen LogP contribution in [0.1, 0.15) is 23.2 Å². The van der Waals surface area contributed by atoms with Crippen LogP contribution in [0.3, 0.4) is 0 Å². The van der Waals surface area contributed by atoms with Crippen molar-refractivity contribution in [3.05, 3.63) is 58.6 Å². The summed E-state index contributed by atoms with van der Waals surface area (Å²) in [4.78, 5) is 28.6. The van der Waals surface area contributed by atoms with Gasteiger partial charge >= 0.3 is 0 Å². The number of likely N-dealkylation sites (tertiary alicyclic amines) is 1. The summed E-state index contributed by atoms with van der Waals surface area (Å²) in [5, 5.41) is 3.44. The van der Waals surface area contributed by atoms with Crippen LogP contribution in [0.5, 0.6) is 0 Å². The first kappa shape index (κ1) is 21.0. The van der Waals surface area contributed by atoms with E-state index in [0.717, 1.165) is 17.8 Å². The highest BCUT2D eigenvalue weighted by molar-refractivity contribution is 6.31. The molecule has 2 aromatic carbocycles. The topological polar surface area (TPSA) is 52.7 Å². The second kappa shape index (κ2) is 8.78. The van der Waals surface area contributed by atoms with E-state index in [1.54, 1.807) is 12.1 Å². The smallest absolute Gasteiger partial charge is 0.256 e. The van der Waals surface area contributed by atoms with E-state index in [1.807, 2.05) is 25.1 Å². The van der Waals surface area contributed by atoms with E-state index in [1.165, 1.54) is 4.90 Å². The zero-order chi connectivity index (χ0) is 21.1. The Morgan fingerprint density at radius 3 is 2.41 bits per heavy atom. The van der Waals surface area contributed by atoms with E-state index >= 15 is 0 Å². The van der Waals surface area contributed by atoms with Crippen LogP contribution in [-0.4, -0.2) is 43.9 Å². The van der Waals surface area contributed by atoms with E-state index in [0.29, 0.717) is 42.7 Å². The molecule has 0 aromatic heterocycles. The maximum absolute atomic E-state index is 13.9. The van der Waals surface area contributed by atoms with Crippen LogP contribution in [0.15, 0.2) is 36.4 Å². The van der Waals surface area contributed by atoms with E-state index in [4.69, 9.17) is 11.6 Å². The van der Waals surface area contributed by atoms with Crippen LogP contribution in [0, 0.1) is 17.6 Å². The van der Waals surface area contributed by atoms with Crippen LogP contribution >= 0.6 is 11.6 Å². The summed E-state index contributed by atoms with van der Waals surface area (Å²) in [5.74, 6) is -2.52. The molecule has 1 heterocycles. The molecule has 2 aromatic rings. The molecule has 1 saturated heterocycles. The first-order valence-corrected chi connectivity index (χ1v) is 9.66. The maximum Gasteiger partial charge on any atom is 0.256 e. The number of rotatable bonds is 4. The Bertz CT molecular complexity index is 928. The molecule has 1 aliphatic rings. The standard InChI is InChI=1S/C21H22ClF2N3O2/c1-26(2)19-6-3-14(22)11-18(19)25-20(28)13-7-9-27(10-8-13)21(29)16-5-4-15(23)12-17(16)24/h3-6,11-13H,7-10H2,1-2H3,(H,25,28). The number of carbonyl (C=O) groups is 2. The number of amides is 2. The van der Waals surface area contributed by atoms with Crippen molar-refractivity contribution in [3.8, 4) is 0 Å². The number of piperidine rings is 1. The average Bonchev–Trinajstić information content (AvgIpc) is 2.67. The van der Waals surface area contributed by atoms with E-state index in [-0.39, 0.29) is 17.4 Å². The van der Waals surface area contributed by atoms with Gasteiger partial charge in [0.2, 0.25) is 5.91 Å². The summed E-state index contributed by atoms with van der Waals surface area (Å²) < 4.78 is 26.9. The number of nitrogens with one attached hydrogen (secondary N) is 1. The lowest BCUT2D eigenvalue weighted by molar-refractivity contribution is -0.121. The van der Waals surface area contributed by atoms with Gasteiger partial charge in [0, 0.05) is 44.2 Å². The number of anilines is 2. The van der Waals surface area contributed by atoms with E-state index in [2.05, 4.69) is 5.32 Å². The highest BCUT2D eigenvalue weighted by Crippen LogP contribution is 2.29. The normalized spacial score (nSPS) is 14.6. The van der Waals surface area contributed by atoms with Gasteiger partial charge in [0.1, 0.15) is 11.6 Å². The molecule has 2 amide bonds. The third-order valence-electron chi connectivity index (χ3n) is 5.01. The Labute approximate surface area is 173 Å². The van der Waals surface area contributed by atoms with Gasteiger partial charge in [-0.15, -0.1) is 0 Å². The van der Waals surface area contributed by atoms with Gasteiger partial charge in [-0.05, 0) is 43.2 Å². The molecule has 154 valence electrons. The number of nitrogens with zero attached hydrogens (tertiary/aromatic N) is 2. The first-order chi connectivity index (χ1) is 13.8. The summed E-state index contributed by atoms with van der Waals surface area (Å²) >= 11 is 6.06. The largest absolute Gasteiger partial charge is 0.376 e. The molecule has 0 saturated carbocycles. The minimum atomic E-state index is -0.882. The lowest BCUT2D eigenvalue weighted by Gasteiger charge is -2.31. The number of hydrogen-bond donors (Lipinski definition) is 1. The van der Waals surface area contributed by atoms with Crippen molar-refractivity contribution in [2.45, 2.75) is 12.8 Å². The third-order valence-corrected chi connectivity index (χ3v) is 5.25. The monoisotopic (exact) mass is 421 g/mol. The number of halogens is 3. The molecule has 0 aliphatic carbocycles. The van der Waals surface area contributed by atoms with Crippen LogP contribution in [0.25, 0.3) is 0 Å². The van der Waals surface area contributed by atoms with E-state index in [9.17, 15) is 18.4 Å². The lowest BCUT2D eigenvalue weighted by atomic mass is 9.95. The predicted molar refractivity (Wildman–Crippen MR) is 109 cm³/mol. The second-order valence-corrected chi connectivity index (χ2v) is 7.67. The second-order valence-electron chi connectivity index (χ2n) is 7.24.